The second kappa shape index (κ2) is 25.1. The van der Waals surface area contributed by atoms with Crippen LogP contribution in [0.1, 0.15) is 66.9 Å². The monoisotopic (exact) mass is 1150 g/mol. The van der Waals surface area contributed by atoms with Crippen LogP contribution in [-0.2, 0) is 58.5 Å². The van der Waals surface area contributed by atoms with E-state index in [0.717, 1.165) is 88.4 Å². The summed E-state index contributed by atoms with van der Waals surface area (Å²) in [4.78, 5) is 52.5. The van der Waals surface area contributed by atoms with Gasteiger partial charge in [-0.2, -0.15) is 15.3 Å². The summed E-state index contributed by atoms with van der Waals surface area (Å²) in [6, 6.07) is 11.1. The number of hydrogen-bond donors (Lipinski definition) is 4. The number of fused-ring (bicyclic) bond motifs is 9. The van der Waals surface area contributed by atoms with Crippen molar-refractivity contribution in [3.05, 3.63) is 152 Å². The van der Waals surface area contributed by atoms with Crippen molar-refractivity contribution in [2.24, 2.45) is 5.92 Å². The molecule has 12 rings (SSSR count). The number of aliphatic hydroxyl groups is 1. The first-order valence-electron chi connectivity index (χ1n) is 26.9. The Bertz CT molecular complexity index is 3620. The number of amides is 6. The molecule has 0 saturated carbocycles. The molecule has 0 saturated heterocycles. The molecule has 6 aliphatic rings. The Hall–Kier alpha value is -8.44. The van der Waals surface area contributed by atoms with Gasteiger partial charge < -0.3 is 40.5 Å². The van der Waals surface area contributed by atoms with Gasteiger partial charge in [0.05, 0.1) is 91.2 Å². The number of halogens is 3. The third kappa shape index (κ3) is 12.7. The summed E-state index contributed by atoms with van der Waals surface area (Å²) in [7, 11) is 0. The molecule has 25 heteroatoms. The highest BCUT2D eigenvalue weighted by atomic mass is 32.2. The normalized spacial score (nSPS) is 17.7. The molecule has 0 fully saturated rings. The second-order valence-electron chi connectivity index (χ2n) is 20.4. The van der Waals surface area contributed by atoms with Crippen molar-refractivity contribution in [3.63, 3.8) is 0 Å². The maximum Gasteiger partial charge on any atom is 0.322 e. The van der Waals surface area contributed by atoms with E-state index >= 15 is 0 Å². The fourth-order valence-electron chi connectivity index (χ4n) is 10.2. The van der Waals surface area contributed by atoms with Gasteiger partial charge in [-0.25, -0.2) is 46.8 Å². The average Bonchev–Trinajstić information content (AvgIpc) is 4.21. The minimum absolute atomic E-state index is 0.0961. The number of anilines is 3. The van der Waals surface area contributed by atoms with Gasteiger partial charge in [0.2, 0.25) is 22.9 Å². The Labute approximate surface area is 480 Å². The molecule has 6 aromatic rings. The van der Waals surface area contributed by atoms with Gasteiger partial charge in [0.15, 0.2) is 0 Å². The lowest BCUT2D eigenvalue weighted by Gasteiger charge is -2.27. The number of aliphatic hydroxyl groups excluding tert-OH is 1. The van der Waals surface area contributed by atoms with Crippen molar-refractivity contribution in [2.75, 3.05) is 53.7 Å². The van der Waals surface area contributed by atoms with Crippen LogP contribution in [0.15, 0.2) is 76.3 Å². The maximum atomic E-state index is 13.5. The van der Waals surface area contributed by atoms with E-state index in [1.165, 1.54) is 65.2 Å². The quantitative estimate of drug-likeness (QED) is 0.0975. The van der Waals surface area contributed by atoms with Crippen LogP contribution in [0.4, 0.5) is 61.7 Å². The summed E-state index contributed by atoms with van der Waals surface area (Å²) in [5.74, 6) is 1.48. The van der Waals surface area contributed by atoms with Gasteiger partial charge in [-0.15, -0.1) is 23.5 Å². The lowest BCUT2D eigenvalue weighted by molar-refractivity contribution is 0.145. The Balaban J connectivity index is 0.000000138. The molecule has 2 atom stereocenters. The molecule has 20 nitrogen and oxygen atoms in total. The van der Waals surface area contributed by atoms with Crippen LogP contribution in [0.3, 0.4) is 0 Å². The summed E-state index contributed by atoms with van der Waals surface area (Å²) in [5, 5.41) is 34.5. The molecule has 0 aliphatic carbocycles. The predicted octanol–water partition coefficient (Wildman–Crippen LogP) is 11.2. The third-order valence-corrected chi connectivity index (χ3v) is 17.4. The number of nitrogens with one attached hydrogen (secondary N) is 3. The van der Waals surface area contributed by atoms with E-state index in [0.29, 0.717) is 94.8 Å². The number of ether oxygens (including phenoxy) is 1. The lowest BCUT2D eigenvalue weighted by Crippen LogP contribution is -2.38. The molecule has 2 unspecified atom stereocenters. The second-order valence-corrected chi connectivity index (χ2v) is 22.5. The van der Waals surface area contributed by atoms with Crippen molar-refractivity contribution < 1.29 is 37.4 Å². The minimum atomic E-state index is -0.604. The van der Waals surface area contributed by atoms with Crippen LogP contribution >= 0.6 is 23.5 Å². The van der Waals surface area contributed by atoms with Gasteiger partial charge in [-0.3, -0.25) is 9.36 Å². The smallest absolute Gasteiger partial charge is 0.322 e. The van der Waals surface area contributed by atoms with Crippen molar-refractivity contribution in [1.82, 2.24) is 44.0 Å². The van der Waals surface area contributed by atoms with E-state index in [1.807, 2.05) is 21.1 Å². The zero-order valence-electron chi connectivity index (χ0n) is 45.1. The number of rotatable bonds is 4. The first-order valence-corrected chi connectivity index (χ1v) is 28.8. The summed E-state index contributed by atoms with van der Waals surface area (Å²) in [5.41, 5.74) is 8.32. The molecule has 0 radical (unpaired) electrons. The van der Waals surface area contributed by atoms with Gasteiger partial charge in [0.25, 0.3) is 0 Å². The highest BCUT2D eigenvalue weighted by molar-refractivity contribution is 7.99. The SMILES string of the molecule is [C-]#[N+]c1cc(NC(=O)N2CCc3nn4c(c3C2)OCC=C(CC)C4)ccc1F.[C-]#[N+]c1cc(NC(=O)N2CCc3nn4c(c3C2)SCC(C)CC4)ccc1F.[C-]#[N+]c1cc(NC(=O)N2CCc3nn4c(c3C2)SCCC(O)C4)ccc1F. The first-order chi connectivity index (χ1) is 39.7. The molecule has 3 aromatic heterocycles. The molecule has 0 bridgehead atoms. The highest BCUT2D eigenvalue weighted by Gasteiger charge is 2.33. The Kier molecular flexibility index (Phi) is 17.4. The van der Waals surface area contributed by atoms with Crippen LogP contribution in [-0.4, -0.2) is 111 Å². The molecule has 9 heterocycles. The number of aromatic nitrogens is 6. The molecule has 82 heavy (non-hydrogen) atoms. The Morgan fingerprint density at radius 3 is 1.61 bits per heavy atom. The summed E-state index contributed by atoms with van der Waals surface area (Å²) < 4.78 is 52.1. The molecule has 424 valence electrons. The average molecular weight is 1150 g/mol. The van der Waals surface area contributed by atoms with Crippen LogP contribution in [0, 0.1) is 43.1 Å². The summed E-state index contributed by atoms with van der Waals surface area (Å²) >= 11 is 3.50. The van der Waals surface area contributed by atoms with Crippen LogP contribution < -0.4 is 20.7 Å². The number of urea groups is 3. The lowest BCUT2D eigenvalue weighted by atomic mass is 10.1. The number of hydrogen-bond acceptors (Lipinski definition) is 10. The van der Waals surface area contributed by atoms with Gasteiger partial charge in [0.1, 0.15) is 24.1 Å². The molecular formula is C57H58F3N15O5S2. The predicted molar refractivity (Wildman–Crippen MR) is 304 cm³/mol. The van der Waals surface area contributed by atoms with Gasteiger partial charge in [-0.1, -0.05) is 13.8 Å². The fourth-order valence-corrected chi connectivity index (χ4v) is 12.7. The van der Waals surface area contributed by atoms with E-state index in [4.69, 9.17) is 29.6 Å². The van der Waals surface area contributed by atoms with E-state index < -0.39 is 23.6 Å². The third-order valence-electron chi connectivity index (χ3n) is 14.8. The number of thioether (sulfide) groups is 2. The molecule has 4 N–H and O–H groups in total. The molecule has 6 aliphatic heterocycles. The highest BCUT2D eigenvalue weighted by Crippen LogP contribution is 2.37. The molecular weight excluding hydrogens is 1100 g/mol. The summed E-state index contributed by atoms with van der Waals surface area (Å²) in [6.45, 7) is 31.0. The number of nitrogens with zero attached hydrogens (tertiary/aromatic N) is 12. The number of aryl methyl sites for hydroxylation is 1. The minimum Gasteiger partial charge on any atom is -0.473 e. The van der Waals surface area contributed by atoms with E-state index in [2.05, 4.69) is 65.3 Å². The van der Waals surface area contributed by atoms with Crippen molar-refractivity contribution in [2.45, 2.75) is 108 Å². The Morgan fingerprint density at radius 1 is 0.646 bits per heavy atom. The Morgan fingerprint density at radius 2 is 1.11 bits per heavy atom. The van der Waals surface area contributed by atoms with Crippen molar-refractivity contribution in [1.29, 1.82) is 0 Å². The standard InChI is InChI=1S/C20H20FN5O2.C19H20FN5OS.C18H18FN5O2S/c1-3-13-7-9-28-19-15-12-25(8-6-17(15)24-26(19)11-13)20(27)23-14-4-5-16(21)18(10-14)22-2;1-12-5-8-25-18(27-11-12)14-10-24(7-6-16(14)23-25)19(26)22-13-3-4-15(20)17(9-13)21-2;1-20-16-8-11(2-3-14(16)19)21-18(26)23-6-4-15-13(10-23)17-24(22-15)9-12(25)5-7-27-17/h4-5,7,10H,3,6,8-9,11-12H2,1H3,(H,23,27);3-4,9,12H,5-8,10-11H2,1H3,(H,22,26);2-3,8,12,25H,4-7,9-10H2,(H,21,26). The van der Waals surface area contributed by atoms with E-state index in [-0.39, 0.29) is 35.2 Å². The van der Waals surface area contributed by atoms with Gasteiger partial charge in [0, 0.05) is 85.1 Å². The van der Waals surface area contributed by atoms with Gasteiger partial charge in [-0.05, 0) is 91.4 Å². The number of carbonyl (C=O) groups excluding carboxylic acids is 3. The largest absolute Gasteiger partial charge is 0.473 e. The van der Waals surface area contributed by atoms with Crippen LogP contribution in [0.2, 0.25) is 0 Å². The number of allylic oxidation sites excluding steroid dienone is 1. The molecule has 0 spiro atoms. The molecule has 6 amide bonds. The number of benzene rings is 3. The van der Waals surface area contributed by atoms with Crippen molar-refractivity contribution >= 4 is 75.7 Å². The van der Waals surface area contributed by atoms with Crippen molar-refractivity contribution in [3.8, 4) is 5.88 Å². The van der Waals surface area contributed by atoms with E-state index in [1.54, 1.807) is 26.5 Å². The fraction of sp³-hybridized carbons (Fsp3) is 0.386. The molecule has 3 aromatic carbocycles. The zero-order valence-corrected chi connectivity index (χ0v) is 46.7. The van der Waals surface area contributed by atoms with Crippen LogP contribution in [0.5, 0.6) is 5.88 Å². The topological polar surface area (TPSA) is 193 Å². The summed E-state index contributed by atoms with van der Waals surface area (Å²) in [6.07, 6.45) is 6.51. The zero-order chi connectivity index (χ0) is 57.6. The van der Waals surface area contributed by atoms with E-state index in [9.17, 15) is 32.7 Å². The number of carbonyl (C=O) groups is 3. The van der Waals surface area contributed by atoms with Crippen LogP contribution in [0.25, 0.3) is 14.5 Å². The maximum absolute atomic E-state index is 13.5. The van der Waals surface area contributed by atoms with Gasteiger partial charge >= 0.3 is 18.1 Å². The first kappa shape index (κ1) is 56.8.